The first-order chi connectivity index (χ1) is 13.9. The highest BCUT2D eigenvalue weighted by molar-refractivity contribution is 14.0. The number of rotatable bonds is 6. The zero-order valence-corrected chi connectivity index (χ0v) is 18.9. The summed E-state index contributed by atoms with van der Waals surface area (Å²) in [6.07, 6.45) is -3.50. The van der Waals surface area contributed by atoms with Crippen LogP contribution in [0.1, 0.15) is 29.2 Å². The van der Waals surface area contributed by atoms with Gasteiger partial charge in [0.2, 0.25) is 0 Å². The Morgan fingerprint density at radius 1 is 1.17 bits per heavy atom. The van der Waals surface area contributed by atoms with Gasteiger partial charge in [-0.05, 0) is 17.2 Å². The average molecular weight is 535 g/mol. The van der Waals surface area contributed by atoms with Gasteiger partial charge in [0.25, 0.3) is 0 Å². The summed E-state index contributed by atoms with van der Waals surface area (Å²) in [4.78, 5) is 4.27. The van der Waals surface area contributed by atoms with Crippen LogP contribution in [-0.2, 0) is 17.9 Å². The summed E-state index contributed by atoms with van der Waals surface area (Å²) < 4.78 is 47.0. The Bertz CT molecular complexity index is 846. The van der Waals surface area contributed by atoms with Crippen molar-refractivity contribution in [1.29, 1.82) is 0 Å². The van der Waals surface area contributed by atoms with Crippen molar-refractivity contribution in [2.75, 3.05) is 20.3 Å². The molecule has 1 unspecified atom stereocenters. The van der Waals surface area contributed by atoms with Gasteiger partial charge in [0.15, 0.2) is 5.96 Å². The second-order valence-corrected chi connectivity index (χ2v) is 6.73. The van der Waals surface area contributed by atoms with Gasteiger partial charge in [0.1, 0.15) is 12.4 Å². The van der Waals surface area contributed by atoms with E-state index in [1.54, 1.807) is 19.2 Å². The maximum atomic E-state index is 12.2. The number of nitrogens with one attached hydrogen (secondary N) is 2. The van der Waals surface area contributed by atoms with Gasteiger partial charge in [-0.1, -0.05) is 42.5 Å². The Morgan fingerprint density at radius 3 is 2.70 bits per heavy atom. The quantitative estimate of drug-likeness (QED) is 0.324. The zero-order chi connectivity index (χ0) is 20.7. The van der Waals surface area contributed by atoms with E-state index in [-0.39, 0.29) is 36.6 Å². The predicted molar refractivity (Wildman–Crippen MR) is 120 cm³/mol. The molecule has 2 aromatic rings. The molecule has 3 rings (SSSR count). The van der Waals surface area contributed by atoms with Gasteiger partial charge < -0.3 is 20.1 Å². The number of hydrogen-bond donors (Lipinski definition) is 2. The summed E-state index contributed by atoms with van der Waals surface area (Å²) in [5.74, 6) is 1.52. The highest BCUT2D eigenvalue weighted by atomic mass is 127. The molecule has 1 heterocycles. The standard InChI is InChI=1S/C21H24F3N3O2.HI/c1-25-20(27-18-9-10-29-19-8-3-2-7-17(18)19)26-12-15-5-4-6-16(11-15)13-28-14-21(22,23)24;/h2-8,11,18H,9-10,12-14H2,1H3,(H2,25,26,27);1H. The summed E-state index contributed by atoms with van der Waals surface area (Å²) in [7, 11) is 1.70. The molecule has 0 saturated heterocycles. The molecule has 0 spiro atoms. The highest BCUT2D eigenvalue weighted by Gasteiger charge is 2.27. The summed E-state index contributed by atoms with van der Waals surface area (Å²) in [5, 5.41) is 6.66. The molecule has 9 heteroatoms. The molecular formula is C21H25F3IN3O2. The highest BCUT2D eigenvalue weighted by Crippen LogP contribution is 2.31. The van der Waals surface area contributed by atoms with E-state index in [2.05, 4.69) is 15.6 Å². The van der Waals surface area contributed by atoms with Gasteiger partial charge in [0.05, 0.1) is 19.3 Å². The van der Waals surface area contributed by atoms with E-state index in [0.29, 0.717) is 24.7 Å². The van der Waals surface area contributed by atoms with Crippen LogP contribution in [0.5, 0.6) is 5.75 Å². The lowest BCUT2D eigenvalue weighted by Gasteiger charge is -2.28. The molecule has 2 aromatic carbocycles. The number of benzene rings is 2. The molecule has 1 aliphatic rings. The van der Waals surface area contributed by atoms with E-state index in [0.717, 1.165) is 23.3 Å². The second-order valence-electron chi connectivity index (χ2n) is 6.73. The Kier molecular flexibility index (Phi) is 9.22. The molecule has 1 aliphatic heterocycles. The third-order valence-corrected chi connectivity index (χ3v) is 4.48. The minimum atomic E-state index is -4.32. The molecule has 0 radical (unpaired) electrons. The Morgan fingerprint density at radius 2 is 1.93 bits per heavy atom. The first-order valence-electron chi connectivity index (χ1n) is 9.36. The summed E-state index contributed by atoms with van der Waals surface area (Å²) in [6.45, 7) is -0.221. The van der Waals surface area contributed by atoms with Gasteiger partial charge in [0, 0.05) is 25.6 Å². The van der Waals surface area contributed by atoms with Crippen molar-refractivity contribution in [3.05, 3.63) is 65.2 Å². The fraction of sp³-hybridized carbons (Fsp3) is 0.381. The van der Waals surface area contributed by atoms with Gasteiger partial charge in [-0.25, -0.2) is 0 Å². The van der Waals surface area contributed by atoms with Crippen molar-refractivity contribution in [2.24, 2.45) is 4.99 Å². The molecule has 164 valence electrons. The first-order valence-corrected chi connectivity index (χ1v) is 9.36. The van der Waals surface area contributed by atoms with E-state index in [4.69, 9.17) is 9.47 Å². The monoisotopic (exact) mass is 535 g/mol. The van der Waals surface area contributed by atoms with Crippen LogP contribution in [-0.4, -0.2) is 32.4 Å². The smallest absolute Gasteiger partial charge is 0.411 e. The number of halogens is 4. The molecular weight excluding hydrogens is 510 g/mol. The molecule has 0 fully saturated rings. The van der Waals surface area contributed by atoms with E-state index in [1.165, 1.54) is 0 Å². The molecule has 0 amide bonds. The van der Waals surface area contributed by atoms with Crippen molar-refractivity contribution >= 4 is 29.9 Å². The van der Waals surface area contributed by atoms with Gasteiger partial charge in [-0.3, -0.25) is 4.99 Å². The fourth-order valence-corrected chi connectivity index (χ4v) is 3.15. The largest absolute Gasteiger partial charge is 0.493 e. The van der Waals surface area contributed by atoms with Crippen LogP contribution in [0.4, 0.5) is 13.2 Å². The Balaban J connectivity index is 0.00000320. The summed E-state index contributed by atoms with van der Waals surface area (Å²) >= 11 is 0. The average Bonchev–Trinajstić information content (AvgIpc) is 2.70. The normalized spacial score (nSPS) is 16.1. The Hall–Kier alpha value is -2.01. The zero-order valence-electron chi connectivity index (χ0n) is 16.5. The van der Waals surface area contributed by atoms with Crippen LogP contribution >= 0.6 is 24.0 Å². The minimum Gasteiger partial charge on any atom is -0.493 e. The molecule has 0 aromatic heterocycles. The van der Waals surface area contributed by atoms with Gasteiger partial charge in [-0.2, -0.15) is 13.2 Å². The van der Waals surface area contributed by atoms with Crippen molar-refractivity contribution in [1.82, 2.24) is 10.6 Å². The molecule has 0 aliphatic carbocycles. The number of alkyl halides is 3. The van der Waals surface area contributed by atoms with Crippen LogP contribution in [0.2, 0.25) is 0 Å². The van der Waals surface area contributed by atoms with E-state index in [1.807, 2.05) is 36.4 Å². The summed E-state index contributed by atoms with van der Waals surface area (Å²) in [5.41, 5.74) is 2.70. The van der Waals surface area contributed by atoms with Crippen molar-refractivity contribution in [3.63, 3.8) is 0 Å². The van der Waals surface area contributed by atoms with Gasteiger partial charge in [-0.15, -0.1) is 24.0 Å². The molecule has 5 nitrogen and oxygen atoms in total. The number of ether oxygens (including phenoxy) is 2. The predicted octanol–water partition coefficient (Wildman–Crippen LogP) is 4.57. The molecule has 2 N–H and O–H groups in total. The lowest BCUT2D eigenvalue weighted by molar-refractivity contribution is -0.176. The van der Waals surface area contributed by atoms with Crippen LogP contribution in [0.15, 0.2) is 53.5 Å². The van der Waals surface area contributed by atoms with E-state index < -0.39 is 12.8 Å². The van der Waals surface area contributed by atoms with Gasteiger partial charge >= 0.3 is 6.18 Å². The molecule has 0 bridgehead atoms. The Labute approximate surface area is 191 Å². The SMILES string of the molecule is CN=C(NCc1cccc(COCC(F)(F)F)c1)NC1CCOc2ccccc21.I. The number of guanidine groups is 1. The molecule has 0 saturated carbocycles. The third kappa shape index (κ3) is 7.35. The maximum Gasteiger partial charge on any atom is 0.411 e. The lowest BCUT2D eigenvalue weighted by Crippen LogP contribution is -2.40. The third-order valence-electron chi connectivity index (χ3n) is 4.48. The lowest BCUT2D eigenvalue weighted by atomic mass is 10.0. The van der Waals surface area contributed by atoms with E-state index in [9.17, 15) is 13.2 Å². The van der Waals surface area contributed by atoms with Crippen LogP contribution in [0.25, 0.3) is 0 Å². The number of fused-ring (bicyclic) bond motifs is 1. The van der Waals surface area contributed by atoms with Crippen LogP contribution < -0.4 is 15.4 Å². The topological polar surface area (TPSA) is 54.9 Å². The van der Waals surface area contributed by atoms with Crippen molar-refractivity contribution < 1.29 is 22.6 Å². The minimum absolute atomic E-state index is 0. The molecule has 1 atom stereocenters. The fourth-order valence-electron chi connectivity index (χ4n) is 3.15. The molecule has 30 heavy (non-hydrogen) atoms. The summed E-state index contributed by atoms with van der Waals surface area (Å²) in [6, 6.07) is 15.3. The maximum absolute atomic E-state index is 12.2. The second kappa shape index (κ2) is 11.4. The number of para-hydroxylation sites is 1. The van der Waals surface area contributed by atoms with Crippen molar-refractivity contribution in [3.8, 4) is 5.75 Å². The number of hydrogen-bond acceptors (Lipinski definition) is 3. The van der Waals surface area contributed by atoms with Crippen LogP contribution in [0, 0.1) is 0 Å². The number of aliphatic imine (C=N–C) groups is 1. The first kappa shape index (κ1) is 24.3. The van der Waals surface area contributed by atoms with Crippen molar-refractivity contribution in [2.45, 2.75) is 31.8 Å². The van der Waals surface area contributed by atoms with E-state index >= 15 is 0 Å². The number of nitrogens with zero attached hydrogens (tertiary/aromatic N) is 1. The van der Waals surface area contributed by atoms with Crippen LogP contribution in [0.3, 0.4) is 0 Å².